The van der Waals surface area contributed by atoms with Crippen LogP contribution >= 0.6 is 0 Å². The number of likely N-dealkylation sites (N-methyl/N-ethyl adjacent to an activating group) is 1. The Morgan fingerprint density at radius 1 is 1.07 bits per heavy atom. The monoisotopic (exact) mass is 622 g/mol. The molecule has 12 heteroatoms. The second-order valence-corrected chi connectivity index (χ2v) is 10.1. The average Bonchev–Trinajstić information content (AvgIpc) is 3.47. The second kappa shape index (κ2) is 15.6. The molecule has 0 bridgehead atoms. The van der Waals surface area contributed by atoms with Crippen molar-refractivity contribution in [3.8, 4) is 17.2 Å². The predicted molar refractivity (Wildman–Crippen MR) is 171 cm³/mol. The zero-order valence-electron chi connectivity index (χ0n) is 26.2. The first-order valence-corrected chi connectivity index (χ1v) is 14.3. The minimum Gasteiger partial charge on any atom is -0.502 e. The molecule has 45 heavy (non-hydrogen) atoms. The number of rotatable bonds is 11. The molecule has 2 amide bonds. The van der Waals surface area contributed by atoms with Gasteiger partial charge in [0, 0.05) is 41.8 Å². The van der Waals surface area contributed by atoms with Gasteiger partial charge in [-0.2, -0.15) is 0 Å². The summed E-state index contributed by atoms with van der Waals surface area (Å²) in [6, 6.07) is 7.22. The van der Waals surface area contributed by atoms with Crippen LogP contribution in [0.4, 0.5) is 10.1 Å². The van der Waals surface area contributed by atoms with Crippen molar-refractivity contribution >= 4 is 41.2 Å². The molecule has 240 valence electrons. The number of aromatic amines is 1. The van der Waals surface area contributed by atoms with Crippen LogP contribution in [0.2, 0.25) is 0 Å². The molecule has 0 saturated heterocycles. The van der Waals surface area contributed by atoms with Gasteiger partial charge >= 0.3 is 5.97 Å². The number of phenols is 1. The first kappa shape index (κ1) is 34.4. The van der Waals surface area contributed by atoms with E-state index in [1.807, 2.05) is 13.8 Å². The highest BCUT2D eigenvalue weighted by atomic mass is 19.1. The van der Waals surface area contributed by atoms with Crippen molar-refractivity contribution in [2.45, 2.75) is 27.7 Å². The highest BCUT2D eigenvalue weighted by molar-refractivity contribution is 6.34. The van der Waals surface area contributed by atoms with Crippen molar-refractivity contribution in [2.75, 3.05) is 45.7 Å². The molecule has 5 N–H and O–H groups in total. The number of phenolic OH excluding ortho intramolecular Hbond substituents is 1. The minimum absolute atomic E-state index is 0.113. The summed E-state index contributed by atoms with van der Waals surface area (Å²) in [7, 11) is 2.80. The predicted octanol–water partition coefficient (Wildman–Crippen LogP) is 4.84. The van der Waals surface area contributed by atoms with Gasteiger partial charge in [-0.15, -0.1) is 0 Å². The number of nitrogens with one attached hydrogen (secondary N) is 3. The summed E-state index contributed by atoms with van der Waals surface area (Å²) in [4.78, 5) is 40.8. The number of anilines is 1. The normalized spacial score (nSPS) is 13.0. The molecule has 0 atom stereocenters. The van der Waals surface area contributed by atoms with E-state index >= 15 is 0 Å². The molecule has 2 heterocycles. The number of aryl methyl sites for hydroxylation is 1. The van der Waals surface area contributed by atoms with Crippen molar-refractivity contribution in [1.82, 2.24) is 15.2 Å². The smallest absolute Gasteiger partial charge is 0.328 e. The summed E-state index contributed by atoms with van der Waals surface area (Å²) in [5.41, 5.74) is 4.77. The van der Waals surface area contributed by atoms with Gasteiger partial charge in [0.05, 0.1) is 25.4 Å². The van der Waals surface area contributed by atoms with Crippen LogP contribution in [-0.2, 0) is 9.59 Å². The number of carboxylic acids is 1. The lowest BCUT2D eigenvalue weighted by Gasteiger charge is -2.18. The van der Waals surface area contributed by atoms with Crippen LogP contribution in [0.1, 0.15) is 52.3 Å². The maximum atomic E-state index is 13.7. The summed E-state index contributed by atoms with van der Waals surface area (Å²) in [5.74, 6) is -1.55. The van der Waals surface area contributed by atoms with Crippen LogP contribution in [0.5, 0.6) is 17.2 Å². The lowest BCUT2D eigenvalue weighted by molar-refractivity contribution is -0.131. The molecule has 0 unspecified atom stereocenters. The first-order valence-electron chi connectivity index (χ1n) is 14.3. The molecule has 0 aliphatic carbocycles. The molecule has 0 fully saturated rings. The highest BCUT2D eigenvalue weighted by Crippen LogP contribution is 2.37. The number of nitrogens with zero attached hydrogens (tertiary/aromatic N) is 1. The fourth-order valence-electron chi connectivity index (χ4n) is 4.84. The Bertz CT molecular complexity index is 1600. The molecule has 11 nitrogen and oxygen atoms in total. The van der Waals surface area contributed by atoms with Gasteiger partial charge in [0.25, 0.3) is 11.8 Å². The number of amides is 2. The quantitative estimate of drug-likeness (QED) is 0.191. The number of methoxy groups -OCH3 is 2. The fourth-order valence-corrected chi connectivity index (χ4v) is 4.84. The molecule has 2 aromatic carbocycles. The number of ether oxygens (including phenoxy) is 2. The fraction of sp³-hybridized carbons (Fsp3) is 0.303. The number of fused-ring (bicyclic) bond motifs is 1. The number of aromatic hydroxyl groups is 1. The molecule has 1 aromatic heterocycles. The van der Waals surface area contributed by atoms with Gasteiger partial charge in [-0.3, -0.25) is 9.59 Å². The number of carboxylic acid groups (broad SMARTS) is 1. The maximum absolute atomic E-state index is 13.7. The lowest BCUT2D eigenvalue weighted by atomic mass is 10.0. The third kappa shape index (κ3) is 8.51. The largest absolute Gasteiger partial charge is 0.502 e. The Balaban J connectivity index is 0.000000292. The van der Waals surface area contributed by atoms with Crippen LogP contribution in [0.25, 0.3) is 17.7 Å². The van der Waals surface area contributed by atoms with Gasteiger partial charge < -0.3 is 40.2 Å². The van der Waals surface area contributed by atoms with E-state index in [9.17, 15) is 23.9 Å². The zero-order valence-corrected chi connectivity index (χ0v) is 26.2. The number of aliphatic carboxylic acids is 1. The number of H-pyrrole nitrogens is 1. The molecule has 0 saturated carbocycles. The standard InChI is InChI=1S/C22H27FN4O2.C11H12O5/c1-5-27(6-2)10-9-24-22(29)20-13(3)19(25-14(20)4)12-17-16-11-15(23)7-8-18(16)26-21(17)28;1-15-8-5-7(3-4-10(12)13)6-9(16-2)11(8)14/h7-8,11-12,25H,5-6,9-10H2,1-4H3,(H,24,29)(H,26,28);3-6,14H,1-2H3,(H,12,13)/b17-12-;4-3+. The van der Waals surface area contributed by atoms with Crippen molar-refractivity contribution in [2.24, 2.45) is 0 Å². The third-order valence-electron chi connectivity index (χ3n) is 7.29. The molecular formula is C33H39FN4O7. The van der Waals surface area contributed by atoms with E-state index in [2.05, 4.69) is 34.4 Å². The Hall–Kier alpha value is -5.10. The highest BCUT2D eigenvalue weighted by Gasteiger charge is 2.26. The molecule has 0 spiro atoms. The van der Waals surface area contributed by atoms with E-state index in [0.29, 0.717) is 40.2 Å². The Kier molecular flexibility index (Phi) is 11.9. The van der Waals surface area contributed by atoms with E-state index in [1.54, 1.807) is 12.1 Å². The summed E-state index contributed by atoms with van der Waals surface area (Å²) in [6.45, 7) is 11.1. The van der Waals surface area contributed by atoms with Gasteiger partial charge in [-0.1, -0.05) is 13.8 Å². The molecular weight excluding hydrogens is 583 g/mol. The van der Waals surface area contributed by atoms with E-state index in [4.69, 9.17) is 14.6 Å². The minimum atomic E-state index is -1.05. The first-order chi connectivity index (χ1) is 21.4. The maximum Gasteiger partial charge on any atom is 0.328 e. The van der Waals surface area contributed by atoms with Crippen LogP contribution in [0.3, 0.4) is 0 Å². The third-order valence-corrected chi connectivity index (χ3v) is 7.29. The van der Waals surface area contributed by atoms with Crippen molar-refractivity contribution < 1.29 is 38.5 Å². The number of hydrogen-bond donors (Lipinski definition) is 5. The van der Waals surface area contributed by atoms with Crippen molar-refractivity contribution in [3.05, 3.63) is 75.9 Å². The molecule has 3 aromatic rings. The number of carbonyl (C=O) groups excluding carboxylic acids is 2. The van der Waals surface area contributed by atoms with Crippen molar-refractivity contribution in [1.29, 1.82) is 0 Å². The van der Waals surface area contributed by atoms with Crippen LogP contribution < -0.4 is 20.1 Å². The molecule has 4 rings (SSSR count). The average molecular weight is 623 g/mol. The Morgan fingerprint density at radius 3 is 2.29 bits per heavy atom. The summed E-state index contributed by atoms with van der Waals surface area (Å²) >= 11 is 0. The number of benzene rings is 2. The Morgan fingerprint density at radius 2 is 1.71 bits per heavy atom. The Labute approximate surface area is 261 Å². The summed E-state index contributed by atoms with van der Waals surface area (Å²) < 4.78 is 23.5. The number of halogens is 1. The van der Waals surface area contributed by atoms with Crippen molar-refractivity contribution in [3.63, 3.8) is 0 Å². The van der Waals surface area contributed by atoms with E-state index in [-0.39, 0.29) is 29.1 Å². The van der Waals surface area contributed by atoms with Gasteiger partial charge in [0.1, 0.15) is 5.82 Å². The van der Waals surface area contributed by atoms with Gasteiger partial charge in [0.2, 0.25) is 5.75 Å². The number of carbonyl (C=O) groups is 3. The molecule has 1 aliphatic heterocycles. The SMILES string of the molecule is CCN(CC)CCNC(=O)c1c(C)[nH]c(/C=C2\C(=O)Nc3ccc(F)cc32)c1C.COc1cc(/C=C/C(=O)O)cc(OC)c1O. The van der Waals surface area contributed by atoms with E-state index in [1.165, 1.54) is 44.6 Å². The van der Waals surface area contributed by atoms with Gasteiger partial charge in [-0.05, 0) is 80.5 Å². The molecule has 0 radical (unpaired) electrons. The summed E-state index contributed by atoms with van der Waals surface area (Å²) in [5, 5.41) is 23.8. The van der Waals surface area contributed by atoms with E-state index in [0.717, 1.165) is 37.0 Å². The number of hydrogen-bond acceptors (Lipinski definition) is 7. The second-order valence-electron chi connectivity index (χ2n) is 10.1. The van der Waals surface area contributed by atoms with Gasteiger partial charge in [-0.25, -0.2) is 9.18 Å². The lowest BCUT2D eigenvalue weighted by Crippen LogP contribution is -2.35. The van der Waals surface area contributed by atoms with Gasteiger partial charge in [0.15, 0.2) is 11.5 Å². The number of aromatic nitrogens is 1. The van der Waals surface area contributed by atoms with Crippen LogP contribution in [0, 0.1) is 19.7 Å². The van der Waals surface area contributed by atoms with Crippen LogP contribution in [0.15, 0.2) is 36.4 Å². The summed E-state index contributed by atoms with van der Waals surface area (Å²) in [6.07, 6.45) is 4.05. The molecule has 1 aliphatic rings. The van der Waals surface area contributed by atoms with E-state index < -0.39 is 11.8 Å². The topological polar surface area (TPSA) is 153 Å². The van der Waals surface area contributed by atoms with Crippen LogP contribution in [-0.4, -0.2) is 78.3 Å². The zero-order chi connectivity index (χ0) is 33.3.